The lowest BCUT2D eigenvalue weighted by molar-refractivity contribution is 0.101. The molecule has 3 nitrogen and oxygen atoms in total. The minimum atomic E-state index is -0.0446. The van der Waals surface area contributed by atoms with Crippen LogP contribution in [0.5, 0.6) is 0 Å². The maximum absolute atomic E-state index is 11.2. The number of fused-ring (bicyclic) bond motifs is 1. The highest BCUT2D eigenvalue weighted by atomic mass is 35.5. The number of nitrogens with zero attached hydrogens (tertiary/aromatic N) is 1. The van der Waals surface area contributed by atoms with Gasteiger partial charge in [0.2, 0.25) is 0 Å². The third-order valence-corrected chi connectivity index (χ3v) is 2.57. The van der Waals surface area contributed by atoms with Crippen LogP contribution in [0.3, 0.4) is 0 Å². The Morgan fingerprint density at radius 2 is 2.43 bits per heavy atom. The number of hydrogen-bond acceptors (Lipinski definition) is 3. The van der Waals surface area contributed by atoms with Crippen LogP contribution in [-0.2, 0) is 17.8 Å². The molecule has 1 aromatic heterocycles. The van der Waals surface area contributed by atoms with Crippen LogP contribution in [-0.4, -0.2) is 17.4 Å². The fourth-order valence-corrected chi connectivity index (χ4v) is 1.80. The van der Waals surface area contributed by atoms with Gasteiger partial charge < -0.3 is 4.74 Å². The van der Waals surface area contributed by atoms with Crippen LogP contribution in [0.1, 0.15) is 28.5 Å². The number of pyridine rings is 1. The van der Waals surface area contributed by atoms with Crippen LogP contribution < -0.4 is 0 Å². The molecule has 1 aliphatic rings. The van der Waals surface area contributed by atoms with Crippen LogP contribution in [0.25, 0.3) is 0 Å². The highest BCUT2D eigenvalue weighted by Gasteiger charge is 2.16. The Morgan fingerprint density at radius 1 is 1.64 bits per heavy atom. The predicted octanol–water partition coefficient (Wildman–Crippen LogP) is 2.01. The summed E-state index contributed by atoms with van der Waals surface area (Å²) in [7, 11) is 0. The molecule has 0 spiro atoms. The zero-order chi connectivity index (χ0) is 10.1. The average molecular weight is 212 g/mol. The summed E-state index contributed by atoms with van der Waals surface area (Å²) in [5, 5.41) is 0.279. The van der Waals surface area contributed by atoms with Crippen molar-refractivity contribution in [2.24, 2.45) is 0 Å². The van der Waals surface area contributed by atoms with Crippen molar-refractivity contribution in [3.05, 3.63) is 28.0 Å². The molecule has 0 radical (unpaired) electrons. The molecule has 4 heteroatoms. The van der Waals surface area contributed by atoms with E-state index in [4.69, 9.17) is 16.3 Å². The smallest absolute Gasteiger partial charge is 0.162 e. The summed E-state index contributed by atoms with van der Waals surface area (Å²) < 4.78 is 5.25. The van der Waals surface area contributed by atoms with Gasteiger partial charge in [0.05, 0.1) is 24.5 Å². The SMILES string of the molecule is CC(=O)c1cc2c(nc1Cl)COCC2. The Kier molecular flexibility index (Phi) is 2.52. The number of ether oxygens (including phenoxy) is 1. The molecule has 0 bridgehead atoms. The molecule has 74 valence electrons. The van der Waals surface area contributed by atoms with E-state index in [1.165, 1.54) is 6.92 Å². The van der Waals surface area contributed by atoms with Crippen LogP contribution >= 0.6 is 11.6 Å². The number of rotatable bonds is 1. The predicted molar refractivity (Wildman–Crippen MR) is 52.6 cm³/mol. The van der Waals surface area contributed by atoms with E-state index in [2.05, 4.69) is 4.98 Å². The number of Topliss-reactive ketones (excluding diaryl/α,β-unsaturated/α-hetero) is 1. The Morgan fingerprint density at radius 3 is 3.14 bits per heavy atom. The Labute approximate surface area is 87.0 Å². The summed E-state index contributed by atoms with van der Waals surface area (Å²) in [6.07, 6.45) is 0.805. The molecule has 0 aromatic carbocycles. The van der Waals surface area contributed by atoms with Gasteiger partial charge in [-0.3, -0.25) is 4.79 Å². The molecule has 0 unspecified atom stereocenters. The molecule has 2 rings (SSSR count). The largest absolute Gasteiger partial charge is 0.375 e. The average Bonchev–Trinajstić information content (AvgIpc) is 2.16. The fourth-order valence-electron chi connectivity index (χ4n) is 1.51. The zero-order valence-electron chi connectivity index (χ0n) is 7.84. The molecule has 0 atom stereocenters. The minimum absolute atomic E-state index is 0.0446. The van der Waals surface area contributed by atoms with Crippen molar-refractivity contribution < 1.29 is 9.53 Å². The van der Waals surface area contributed by atoms with Crippen molar-refractivity contribution in [1.82, 2.24) is 4.98 Å². The van der Waals surface area contributed by atoms with Gasteiger partial charge in [0.25, 0.3) is 0 Å². The van der Waals surface area contributed by atoms with Gasteiger partial charge in [-0.2, -0.15) is 0 Å². The van der Waals surface area contributed by atoms with Gasteiger partial charge in [0, 0.05) is 0 Å². The summed E-state index contributed by atoms with van der Waals surface area (Å²) >= 11 is 5.87. The van der Waals surface area contributed by atoms with E-state index in [1.54, 1.807) is 0 Å². The number of carbonyl (C=O) groups is 1. The van der Waals surface area contributed by atoms with Gasteiger partial charge in [-0.1, -0.05) is 11.6 Å². The van der Waals surface area contributed by atoms with E-state index in [0.717, 1.165) is 17.7 Å². The first-order valence-electron chi connectivity index (χ1n) is 4.45. The van der Waals surface area contributed by atoms with Crippen LogP contribution in [0.2, 0.25) is 5.15 Å². The van der Waals surface area contributed by atoms with Crippen LogP contribution in [0, 0.1) is 0 Å². The number of ketones is 1. The van der Waals surface area contributed by atoms with Gasteiger partial charge in [0.1, 0.15) is 5.15 Å². The van der Waals surface area contributed by atoms with Crippen molar-refractivity contribution in [2.45, 2.75) is 20.0 Å². The van der Waals surface area contributed by atoms with Gasteiger partial charge in [-0.05, 0) is 25.0 Å². The zero-order valence-corrected chi connectivity index (χ0v) is 8.60. The second kappa shape index (κ2) is 3.67. The van der Waals surface area contributed by atoms with Crippen LogP contribution in [0.4, 0.5) is 0 Å². The maximum Gasteiger partial charge on any atom is 0.162 e. The van der Waals surface area contributed by atoms with Gasteiger partial charge in [-0.25, -0.2) is 4.98 Å². The first-order chi connectivity index (χ1) is 6.68. The molecule has 1 aromatic rings. The molecule has 0 aliphatic carbocycles. The van der Waals surface area contributed by atoms with E-state index >= 15 is 0 Å². The summed E-state index contributed by atoms with van der Waals surface area (Å²) in [6, 6.07) is 1.83. The molecular weight excluding hydrogens is 202 g/mol. The van der Waals surface area contributed by atoms with Crippen molar-refractivity contribution in [3.63, 3.8) is 0 Å². The minimum Gasteiger partial charge on any atom is -0.375 e. The monoisotopic (exact) mass is 211 g/mol. The van der Waals surface area contributed by atoms with Crippen LogP contribution in [0.15, 0.2) is 6.07 Å². The lowest BCUT2D eigenvalue weighted by atomic mass is 10.0. The van der Waals surface area contributed by atoms with E-state index in [0.29, 0.717) is 18.8 Å². The first kappa shape index (κ1) is 9.62. The second-order valence-electron chi connectivity index (χ2n) is 3.29. The fraction of sp³-hybridized carbons (Fsp3) is 0.400. The summed E-state index contributed by atoms with van der Waals surface area (Å²) in [5.41, 5.74) is 2.43. The Hall–Kier alpha value is -0.930. The van der Waals surface area contributed by atoms with E-state index in [9.17, 15) is 4.79 Å². The Bertz CT molecular complexity index is 390. The van der Waals surface area contributed by atoms with Crippen molar-refractivity contribution >= 4 is 17.4 Å². The van der Waals surface area contributed by atoms with Crippen molar-refractivity contribution in [1.29, 1.82) is 0 Å². The molecule has 1 aliphatic heterocycles. The molecule has 0 saturated heterocycles. The molecule has 0 amide bonds. The molecule has 0 saturated carbocycles. The Balaban J connectivity index is 2.50. The van der Waals surface area contributed by atoms with Crippen molar-refractivity contribution in [3.8, 4) is 0 Å². The highest BCUT2D eigenvalue weighted by Crippen LogP contribution is 2.22. The standard InChI is InChI=1S/C10H10ClNO2/c1-6(13)8-4-7-2-3-14-5-9(7)12-10(8)11/h4H,2-3,5H2,1H3. The lowest BCUT2D eigenvalue weighted by Gasteiger charge is -2.16. The molecule has 14 heavy (non-hydrogen) atoms. The highest BCUT2D eigenvalue weighted by molar-refractivity contribution is 6.32. The lowest BCUT2D eigenvalue weighted by Crippen LogP contribution is -2.13. The van der Waals surface area contributed by atoms with E-state index in [-0.39, 0.29) is 10.9 Å². The summed E-state index contributed by atoms with van der Waals surface area (Å²) in [5.74, 6) is -0.0446. The molecular formula is C10H10ClNO2. The second-order valence-corrected chi connectivity index (χ2v) is 3.65. The summed E-state index contributed by atoms with van der Waals surface area (Å²) in [4.78, 5) is 15.4. The van der Waals surface area contributed by atoms with E-state index in [1.807, 2.05) is 6.07 Å². The molecule has 2 heterocycles. The molecule has 0 fully saturated rings. The van der Waals surface area contributed by atoms with Crippen molar-refractivity contribution in [2.75, 3.05) is 6.61 Å². The molecule has 0 N–H and O–H groups in total. The number of aromatic nitrogens is 1. The van der Waals surface area contributed by atoms with Gasteiger partial charge in [-0.15, -0.1) is 0 Å². The van der Waals surface area contributed by atoms with E-state index < -0.39 is 0 Å². The third-order valence-electron chi connectivity index (χ3n) is 2.28. The number of halogens is 1. The number of carbonyl (C=O) groups excluding carboxylic acids is 1. The third kappa shape index (κ3) is 1.65. The topological polar surface area (TPSA) is 39.2 Å². The summed E-state index contributed by atoms with van der Waals surface area (Å²) in [6.45, 7) is 2.68. The van der Waals surface area contributed by atoms with Gasteiger partial charge >= 0.3 is 0 Å². The number of hydrogen-bond donors (Lipinski definition) is 0. The maximum atomic E-state index is 11.2. The quantitative estimate of drug-likeness (QED) is 0.527. The van der Waals surface area contributed by atoms with Gasteiger partial charge in [0.15, 0.2) is 5.78 Å². The normalized spacial score (nSPS) is 15.0. The first-order valence-corrected chi connectivity index (χ1v) is 4.83.